The topological polar surface area (TPSA) is 80.0 Å². The van der Waals surface area contributed by atoms with Crippen molar-refractivity contribution in [1.29, 1.82) is 0 Å². The van der Waals surface area contributed by atoms with Gasteiger partial charge in [-0.3, -0.25) is 0 Å². The number of carbonyl (C=O) groups excluding carboxylic acids is 1. The van der Waals surface area contributed by atoms with Gasteiger partial charge >= 0.3 is 5.97 Å². The van der Waals surface area contributed by atoms with E-state index in [2.05, 4.69) is 0 Å². The molecular weight excluding hydrogens is 274 g/mol. The van der Waals surface area contributed by atoms with Gasteiger partial charge in [0.05, 0.1) is 33.5 Å². The van der Waals surface area contributed by atoms with Gasteiger partial charge in [0.15, 0.2) is 11.5 Å². The fourth-order valence-electron chi connectivity index (χ4n) is 1.96. The predicted octanol–water partition coefficient (Wildman–Crippen LogP) is 1.59. The van der Waals surface area contributed by atoms with Crippen molar-refractivity contribution < 1.29 is 23.7 Å². The van der Waals surface area contributed by atoms with Gasteiger partial charge in [-0.05, 0) is 37.1 Å². The minimum Gasteiger partial charge on any atom is -0.493 e. The van der Waals surface area contributed by atoms with E-state index in [9.17, 15) is 4.79 Å². The summed E-state index contributed by atoms with van der Waals surface area (Å²) in [7, 11) is 3.15. The predicted molar refractivity (Wildman–Crippen MR) is 78.7 cm³/mol. The number of hydrogen-bond donors (Lipinski definition) is 1. The molecule has 0 spiro atoms. The minimum absolute atomic E-state index is 0.103. The second kappa shape index (κ2) is 8.49. The summed E-state index contributed by atoms with van der Waals surface area (Å²) in [5, 5.41) is 0. The molecule has 0 aliphatic heterocycles. The van der Waals surface area contributed by atoms with Crippen molar-refractivity contribution in [1.82, 2.24) is 0 Å². The van der Waals surface area contributed by atoms with E-state index in [0.717, 1.165) is 11.1 Å². The number of aryl methyl sites for hydroxylation is 1. The summed E-state index contributed by atoms with van der Waals surface area (Å²) in [6.07, 6.45) is 0. The van der Waals surface area contributed by atoms with Gasteiger partial charge in [0, 0.05) is 0 Å². The Kier molecular flexibility index (Phi) is 6.98. The molecule has 1 aromatic rings. The van der Waals surface area contributed by atoms with Crippen molar-refractivity contribution in [3.05, 3.63) is 23.3 Å². The second-order valence-electron chi connectivity index (χ2n) is 4.49. The minimum atomic E-state index is -0.395. The average Bonchev–Trinajstić information content (AvgIpc) is 2.46. The molecule has 1 rings (SSSR count). The maximum Gasteiger partial charge on any atom is 0.332 e. The van der Waals surface area contributed by atoms with Crippen molar-refractivity contribution >= 4 is 5.97 Å². The van der Waals surface area contributed by atoms with Crippen LogP contribution in [-0.4, -0.2) is 40.0 Å². The van der Waals surface area contributed by atoms with Gasteiger partial charge in [0.2, 0.25) is 0 Å². The summed E-state index contributed by atoms with van der Waals surface area (Å²) in [5.74, 6) is 0.867. The number of ether oxygens (including phenoxy) is 4. The van der Waals surface area contributed by atoms with Crippen molar-refractivity contribution in [2.24, 2.45) is 5.73 Å². The number of methoxy groups -OCH3 is 2. The molecular formula is C15H23NO5. The molecule has 0 saturated heterocycles. The zero-order chi connectivity index (χ0) is 15.8. The van der Waals surface area contributed by atoms with Crippen LogP contribution < -0.4 is 15.2 Å². The van der Waals surface area contributed by atoms with Gasteiger partial charge in [-0.25, -0.2) is 4.79 Å². The number of hydrogen-bond acceptors (Lipinski definition) is 6. The van der Waals surface area contributed by atoms with Crippen molar-refractivity contribution in [3.8, 4) is 11.5 Å². The quantitative estimate of drug-likeness (QED) is 0.734. The first-order valence-electron chi connectivity index (χ1n) is 6.74. The van der Waals surface area contributed by atoms with Gasteiger partial charge in [-0.1, -0.05) is 0 Å². The van der Waals surface area contributed by atoms with Crippen molar-refractivity contribution in [3.63, 3.8) is 0 Å². The lowest BCUT2D eigenvalue weighted by atomic mass is 10.0. The zero-order valence-electron chi connectivity index (χ0n) is 13.0. The molecule has 1 atom stereocenters. The summed E-state index contributed by atoms with van der Waals surface area (Å²) in [5.41, 5.74) is 7.96. The Bertz CT molecular complexity index is 475. The smallest absolute Gasteiger partial charge is 0.332 e. The fourth-order valence-corrected chi connectivity index (χ4v) is 1.96. The Morgan fingerprint density at radius 3 is 2.43 bits per heavy atom. The maximum absolute atomic E-state index is 11.2. The van der Waals surface area contributed by atoms with Crippen LogP contribution in [0.4, 0.5) is 0 Å². The summed E-state index contributed by atoms with van der Waals surface area (Å²) < 4.78 is 20.6. The van der Waals surface area contributed by atoms with E-state index in [1.54, 1.807) is 21.1 Å². The second-order valence-corrected chi connectivity index (χ2v) is 4.49. The van der Waals surface area contributed by atoms with Crippen LogP contribution >= 0.6 is 0 Å². The number of esters is 1. The highest BCUT2D eigenvalue weighted by molar-refractivity contribution is 5.70. The molecule has 0 aromatic heterocycles. The van der Waals surface area contributed by atoms with E-state index in [4.69, 9.17) is 24.7 Å². The SMILES string of the molecule is CCOC(=O)COCC(N)c1cc(OC)c(OC)cc1C. The molecule has 0 aliphatic rings. The third-order valence-electron chi connectivity index (χ3n) is 2.99. The third kappa shape index (κ3) is 4.91. The van der Waals surface area contributed by atoms with Gasteiger partial charge in [0.1, 0.15) is 6.61 Å². The fraction of sp³-hybridized carbons (Fsp3) is 0.533. The van der Waals surface area contributed by atoms with Crippen LogP contribution in [0.25, 0.3) is 0 Å². The first kappa shape index (κ1) is 17.3. The van der Waals surface area contributed by atoms with Gasteiger partial charge in [-0.2, -0.15) is 0 Å². The molecule has 0 fully saturated rings. The standard InChI is InChI=1S/C15H23NO5/c1-5-21-15(17)9-20-8-12(16)11-7-14(19-4)13(18-3)6-10(11)2/h6-7,12H,5,8-9,16H2,1-4H3. The molecule has 0 aliphatic carbocycles. The molecule has 0 bridgehead atoms. The largest absolute Gasteiger partial charge is 0.493 e. The van der Waals surface area contributed by atoms with E-state index < -0.39 is 5.97 Å². The normalized spacial score (nSPS) is 11.9. The van der Waals surface area contributed by atoms with Crippen LogP contribution in [-0.2, 0) is 14.3 Å². The highest BCUT2D eigenvalue weighted by atomic mass is 16.6. The van der Waals surface area contributed by atoms with E-state index in [0.29, 0.717) is 18.1 Å². The lowest BCUT2D eigenvalue weighted by Gasteiger charge is -2.17. The summed E-state index contributed by atoms with van der Waals surface area (Å²) in [4.78, 5) is 11.2. The van der Waals surface area contributed by atoms with E-state index >= 15 is 0 Å². The highest BCUT2D eigenvalue weighted by Crippen LogP contribution is 2.32. The molecule has 1 aromatic carbocycles. The van der Waals surface area contributed by atoms with Gasteiger partial charge in [0.25, 0.3) is 0 Å². The molecule has 1 unspecified atom stereocenters. The monoisotopic (exact) mass is 297 g/mol. The van der Waals surface area contributed by atoms with E-state index in [1.165, 1.54) is 0 Å². The molecule has 118 valence electrons. The van der Waals surface area contributed by atoms with Crippen LogP contribution in [0.3, 0.4) is 0 Å². The Hall–Kier alpha value is -1.79. The Balaban J connectivity index is 2.69. The van der Waals surface area contributed by atoms with Crippen LogP contribution in [0.5, 0.6) is 11.5 Å². The first-order chi connectivity index (χ1) is 10.0. The van der Waals surface area contributed by atoms with Gasteiger partial charge in [-0.15, -0.1) is 0 Å². The summed E-state index contributed by atoms with van der Waals surface area (Å²) >= 11 is 0. The molecule has 0 heterocycles. The number of rotatable bonds is 8. The molecule has 6 nitrogen and oxygen atoms in total. The van der Waals surface area contributed by atoms with Crippen molar-refractivity contribution in [2.45, 2.75) is 19.9 Å². The van der Waals surface area contributed by atoms with Crippen LogP contribution in [0.15, 0.2) is 12.1 Å². The maximum atomic E-state index is 11.2. The number of benzene rings is 1. The Labute approximate surface area is 125 Å². The van der Waals surface area contributed by atoms with Crippen LogP contribution in [0, 0.1) is 6.92 Å². The number of nitrogens with two attached hydrogens (primary N) is 1. The first-order valence-corrected chi connectivity index (χ1v) is 6.74. The Morgan fingerprint density at radius 2 is 1.86 bits per heavy atom. The summed E-state index contributed by atoms with van der Waals surface area (Å²) in [6, 6.07) is 3.32. The van der Waals surface area contributed by atoms with Gasteiger partial charge < -0.3 is 24.7 Å². The highest BCUT2D eigenvalue weighted by Gasteiger charge is 2.15. The number of carbonyl (C=O) groups is 1. The molecule has 0 saturated carbocycles. The molecule has 6 heteroatoms. The molecule has 0 amide bonds. The third-order valence-corrected chi connectivity index (χ3v) is 2.99. The average molecular weight is 297 g/mol. The van der Waals surface area contributed by atoms with Crippen LogP contribution in [0.1, 0.15) is 24.1 Å². The molecule has 2 N–H and O–H groups in total. The molecule has 21 heavy (non-hydrogen) atoms. The van der Waals surface area contributed by atoms with Crippen molar-refractivity contribution in [2.75, 3.05) is 34.0 Å². The lowest BCUT2D eigenvalue weighted by Crippen LogP contribution is -2.21. The van der Waals surface area contributed by atoms with E-state index in [1.807, 2.05) is 19.1 Å². The zero-order valence-corrected chi connectivity index (χ0v) is 13.0. The summed E-state index contributed by atoms with van der Waals surface area (Å²) in [6.45, 7) is 4.13. The lowest BCUT2D eigenvalue weighted by molar-refractivity contribution is -0.148. The van der Waals surface area contributed by atoms with E-state index in [-0.39, 0.29) is 19.3 Å². The Morgan fingerprint density at radius 1 is 1.24 bits per heavy atom. The van der Waals surface area contributed by atoms with Crippen LogP contribution in [0.2, 0.25) is 0 Å². The molecule has 0 radical (unpaired) electrons.